The maximum absolute atomic E-state index is 11.2. The van der Waals surface area contributed by atoms with Gasteiger partial charge in [0, 0.05) is 0 Å². The topological polar surface area (TPSA) is 37.3 Å². The number of hydrogen-bond acceptors (Lipinski definition) is 1. The Kier molecular flexibility index (Phi) is 9.36. The Hall–Kier alpha value is -0.530. The van der Waals surface area contributed by atoms with Crippen LogP contribution in [-0.4, -0.2) is 11.1 Å². The molecule has 0 aliphatic carbocycles. The van der Waals surface area contributed by atoms with Crippen LogP contribution < -0.4 is 0 Å². The van der Waals surface area contributed by atoms with Gasteiger partial charge in [-0.2, -0.15) is 0 Å². The number of aliphatic carboxylic acids is 1. The maximum Gasteiger partial charge on any atom is 0.306 e. The van der Waals surface area contributed by atoms with Crippen LogP contribution in [-0.2, 0) is 4.79 Å². The van der Waals surface area contributed by atoms with Crippen LogP contribution in [0.15, 0.2) is 0 Å². The van der Waals surface area contributed by atoms with Crippen LogP contribution >= 0.6 is 0 Å². The van der Waals surface area contributed by atoms with Gasteiger partial charge in [0.05, 0.1) is 5.92 Å². The standard InChI is InChI=1S/C14H28O2/c1-4-7-9-10-12(6-3)13(14(15)16)11-8-5-2/h12-13H,4-11H2,1-3H3,(H,15,16). The van der Waals surface area contributed by atoms with Crippen molar-refractivity contribution >= 4 is 5.97 Å². The van der Waals surface area contributed by atoms with Gasteiger partial charge in [0.1, 0.15) is 0 Å². The van der Waals surface area contributed by atoms with E-state index in [1.807, 2.05) is 0 Å². The summed E-state index contributed by atoms with van der Waals surface area (Å²) in [6.07, 6.45) is 8.72. The molecule has 2 unspecified atom stereocenters. The van der Waals surface area contributed by atoms with Crippen molar-refractivity contribution in [2.75, 3.05) is 0 Å². The number of carboxylic acids is 1. The molecule has 0 saturated heterocycles. The highest BCUT2D eigenvalue weighted by molar-refractivity contribution is 5.70. The Morgan fingerprint density at radius 2 is 1.62 bits per heavy atom. The van der Waals surface area contributed by atoms with Crippen LogP contribution in [0, 0.1) is 11.8 Å². The number of rotatable bonds is 10. The van der Waals surface area contributed by atoms with Crippen LogP contribution in [0.5, 0.6) is 0 Å². The molecular weight excluding hydrogens is 200 g/mol. The third-order valence-electron chi connectivity index (χ3n) is 3.46. The third-order valence-corrected chi connectivity index (χ3v) is 3.46. The van der Waals surface area contributed by atoms with Crippen molar-refractivity contribution in [3.05, 3.63) is 0 Å². The van der Waals surface area contributed by atoms with E-state index in [-0.39, 0.29) is 5.92 Å². The fourth-order valence-corrected chi connectivity index (χ4v) is 2.33. The monoisotopic (exact) mass is 228 g/mol. The average Bonchev–Trinajstić information content (AvgIpc) is 2.26. The Balaban J connectivity index is 4.16. The first kappa shape index (κ1) is 15.5. The van der Waals surface area contributed by atoms with E-state index in [2.05, 4.69) is 20.8 Å². The SMILES string of the molecule is CCCCCC(CC)C(CCCC)C(=O)O. The fourth-order valence-electron chi connectivity index (χ4n) is 2.33. The lowest BCUT2D eigenvalue weighted by molar-refractivity contribution is -0.144. The first-order valence-electron chi connectivity index (χ1n) is 6.90. The highest BCUT2D eigenvalue weighted by atomic mass is 16.4. The molecule has 0 spiro atoms. The van der Waals surface area contributed by atoms with Crippen molar-refractivity contribution < 1.29 is 9.90 Å². The van der Waals surface area contributed by atoms with Crippen molar-refractivity contribution in [2.45, 2.75) is 72.1 Å². The van der Waals surface area contributed by atoms with Gasteiger partial charge in [-0.25, -0.2) is 0 Å². The molecule has 16 heavy (non-hydrogen) atoms. The first-order valence-corrected chi connectivity index (χ1v) is 6.90. The van der Waals surface area contributed by atoms with Crippen molar-refractivity contribution in [1.29, 1.82) is 0 Å². The molecule has 96 valence electrons. The van der Waals surface area contributed by atoms with Crippen molar-refractivity contribution in [3.8, 4) is 0 Å². The number of hydrogen-bond donors (Lipinski definition) is 1. The molecule has 0 aromatic rings. The van der Waals surface area contributed by atoms with Gasteiger partial charge in [0.15, 0.2) is 0 Å². The minimum atomic E-state index is -0.586. The zero-order valence-corrected chi connectivity index (χ0v) is 11.2. The molecule has 0 aliphatic rings. The normalized spacial score (nSPS) is 14.7. The average molecular weight is 228 g/mol. The third kappa shape index (κ3) is 6.14. The predicted molar refractivity (Wildman–Crippen MR) is 68.6 cm³/mol. The number of carboxylic acid groups (broad SMARTS) is 1. The summed E-state index contributed by atoms with van der Waals surface area (Å²) in [5.74, 6) is -0.311. The second-order valence-corrected chi connectivity index (χ2v) is 4.75. The molecule has 0 bridgehead atoms. The van der Waals surface area contributed by atoms with Crippen LogP contribution in [0.3, 0.4) is 0 Å². The summed E-state index contributed by atoms with van der Waals surface area (Å²) >= 11 is 0. The summed E-state index contributed by atoms with van der Waals surface area (Å²) in [6, 6.07) is 0. The molecule has 0 radical (unpaired) electrons. The van der Waals surface area contributed by atoms with Crippen LogP contribution in [0.25, 0.3) is 0 Å². The fraction of sp³-hybridized carbons (Fsp3) is 0.929. The summed E-state index contributed by atoms with van der Waals surface area (Å²) in [7, 11) is 0. The Morgan fingerprint density at radius 3 is 2.06 bits per heavy atom. The summed E-state index contributed by atoms with van der Waals surface area (Å²) < 4.78 is 0. The quantitative estimate of drug-likeness (QED) is 0.560. The molecule has 2 heteroatoms. The van der Waals surface area contributed by atoms with Gasteiger partial charge >= 0.3 is 5.97 Å². The second kappa shape index (κ2) is 9.68. The van der Waals surface area contributed by atoms with E-state index >= 15 is 0 Å². The first-order chi connectivity index (χ1) is 7.67. The van der Waals surface area contributed by atoms with Gasteiger partial charge in [-0.05, 0) is 18.8 Å². The highest BCUT2D eigenvalue weighted by Gasteiger charge is 2.25. The van der Waals surface area contributed by atoms with E-state index in [1.54, 1.807) is 0 Å². The summed E-state index contributed by atoms with van der Waals surface area (Å²) in [5.41, 5.74) is 0. The van der Waals surface area contributed by atoms with E-state index in [4.69, 9.17) is 0 Å². The summed E-state index contributed by atoms with van der Waals surface area (Å²) in [6.45, 7) is 6.43. The molecule has 2 nitrogen and oxygen atoms in total. The zero-order valence-electron chi connectivity index (χ0n) is 11.2. The van der Waals surface area contributed by atoms with Crippen LogP contribution in [0.2, 0.25) is 0 Å². The van der Waals surface area contributed by atoms with E-state index in [0.717, 1.165) is 32.1 Å². The molecule has 0 rings (SSSR count). The Labute approximate surface area is 100 Å². The largest absolute Gasteiger partial charge is 0.481 e. The van der Waals surface area contributed by atoms with Gasteiger partial charge in [0.25, 0.3) is 0 Å². The maximum atomic E-state index is 11.2. The lowest BCUT2D eigenvalue weighted by Gasteiger charge is -2.22. The number of carbonyl (C=O) groups is 1. The summed E-state index contributed by atoms with van der Waals surface area (Å²) in [5, 5.41) is 9.26. The minimum Gasteiger partial charge on any atom is -0.481 e. The van der Waals surface area contributed by atoms with Crippen molar-refractivity contribution in [1.82, 2.24) is 0 Å². The zero-order chi connectivity index (χ0) is 12.4. The Morgan fingerprint density at radius 1 is 1.00 bits per heavy atom. The van der Waals surface area contributed by atoms with E-state index < -0.39 is 5.97 Å². The second-order valence-electron chi connectivity index (χ2n) is 4.75. The predicted octanol–water partition coefficient (Wildman–Crippen LogP) is 4.48. The van der Waals surface area contributed by atoms with Gasteiger partial charge in [-0.15, -0.1) is 0 Å². The molecule has 0 saturated carbocycles. The van der Waals surface area contributed by atoms with Crippen LogP contribution in [0.4, 0.5) is 0 Å². The lowest BCUT2D eigenvalue weighted by Crippen LogP contribution is -2.23. The molecule has 0 aliphatic heterocycles. The lowest BCUT2D eigenvalue weighted by atomic mass is 9.82. The van der Waals surface area contributed by atoms with Crippen LogP contribution in [0.1, 0.15) is 72.1 Å². The smallest absolute Gasteiger partial charge is 0.306 e. The molecule has 0 heterocycles. The molecule has 0 fully saturated rings. The van der Waals surface area contributed by atoms with E-state index in [9.17, 15) is 9.90 Å². The van der Waals surface area contributed by atoms with E-state index in [0.29, 0.717) is 5.92 Å². The van der Waals surface area contributed by atoms with Gasteiger partial charge in [-0.3, -0.25) is 4.79 Å². The minimum absolute atomic E-state index is 0.109. The molecule has 2 atom stereocenters. The van der Waals surface area contributed by atoms with Gasteiger partial charge < -0.3 is 5.11 Å². The molecule has 0 amide bonds. The molecular formula is C14H28O2. The Bertz CT molecular complexity index is 178. The molecule has 0 aromatic carbocycles. The summed E-state index contributed by atoms with van der Waals surface area (Å²) in [4.78, 5) is 11.2. The molecule has 1 N–H and O–H groups in total. The van der Waals surface area contributed by atoms with Gasteiger partial charge in [-0.1, -0.05) is 59.3 Å². The number of unbranched alkanes of at least 4 members (excludes halogenated alkanes) is 3. The van der Waals surface area contributed by atoms with E-state index in [1.165, 1.54) is 19.3 Å². The highest BCUT2D eigenvalue weighted by Crippen LogP contribution is 2.27. The van der Waals surface area contributed by atoms with Crippen molar-refractivity contribution in [3.63, 3.8) is 0 Å². The van der Waals surface area contributed by atoms with Gasteiger partial charge in [0.2, 0.25) is 0 Å². The molecule has 0 aromatic heterocycles. The van der Waals surface area contributed by atoms with Crippen molar-refractivity contribution in [2.24, 2.45) is 11.8 Å².